The lowest BCUT2D eigenvalue weighted by molar-refractivity contribution is -0.118. The molecule has 1 unspecified atom stereocenters. The molecule has 0 bridgehead atoms. The lowest BCUT2D eigenvalue weighted by atomic mass is 10.1. The molecule has 4 amide bonds. The highest BCUT2D eigenvalue weighted by molar-refractivity contribution is 8.15. The maximum Gasteiger partial charge on any atom is 0.321 e. The van der Waals surface area contributed by atoms with Crippen molar-refractivity contribution < 1.29 is 19.1 Å². The zero-order valence-electron chi connectivity index (χ0n) is 15.4. The van der Waals surface area contributed by atoms with Crippen LogP contribution in [0.3, 0.4) is 0 Å². The first kappa shape index (κ1) is 19.8. The van der Waals surface area contributed by atoms with Crippen LogP contribution in [0.1, 0.15) is 5.56 Å². The summed E-state index contributed by atoms with van der Waals surface area (Å²) in [6.45, 7) is 0.787. The van der Waals surface area contributed by atoms with Crippen LogP contribution in [0.5, 0.6) is 5.75 Å². The number of amides is 4. The van der Waals surface area contributed by atoms with Crippen LogP contribution >= 0.6 is 11.8 Å². The van der Waals surface area contributed by atoms with E-state index in [1.807, 2.05) is 54.6 Å². The molecule has 3 rings (SSSR count). The molecule has 1 atom stereocenters. The van der Waals surface area contributed by atoms with Gasteiger partial charge in [0.2, 0.25) is 5.91 Å². The van der Waals surface area contributed by atoms with Gasteiger partial charge in [0.1, 0.15) is 12.4 Å². The number of nitrogens with zero attached hydrogens (tertiary/aromatic N) is 1. The van der Waals surface area contributed by atoms with Gasteiger partial charge in [-0.2, -0.15) is 0 Å². The fourth-order valence-corrected chi connectivity index (χ4v) is 3.47. The Labute approximate surface area is 167 Å². The van der Waals surface area contributed by atoms with Gasteiger partial charge in [-0.15, -0.1) is 0 Å². The topological polar surface area (TPSA) is 87.7 Å². The van der Waals surface area contributed by atoms with E-state index in [1.165, 1.54) is 0 Å². The fraction of sp³-hybridized carbons (Fsp3) is 0.250. The number of likely N-dealkylation sites (N-methyl/N-ethyl adjacent to an activating group) is 1. The van der Waals surface area contributed by atoms with E-state index < -0.39 is 0 Å². The Morgan fingerprint density at radius 1 is 1.14 bits per heavy atom. The number of carbonyl (C=O) groups is 3. The van der Waals surface area contributed by atoms with Crippen molar-refractivity contribution in [1.82, 2.24) is 10.2 Å². The molecule has 2 aromatic carbocycles. The molecule has 7 nitrogen and oxygen atoms in total. The van der Waals surface area contributed by atoms with Crippen LogP contribution in [0.2, 0.25) is 0 Å². The molecule has 2 aromatic rings. The summed E-state index contributed by atoms with van der Waals surface area (Å²) in [4.78, 5) is 36.5. The van der Waals surface area contributed by atoms with Gasteiger partial charge in [-0.05, 0) is 36.2 Å². The van der Waals surface area contributed by atoms with E-state index in [0.29, 0.717) is 25.3 Å². The average molecular weight is 399 g/mol. The van der Waals surface area contributed by atoms with Gasteiger partial charge in [0.25, 0.3) is 5.24 Å². The van der Waals surface area contributed by atoms with Gasteiger partial charge in [0.15, 0.2) is 0 Å². The molecule has 0 saturated carbocycles. The SMILES string of the molecule is CN(CCOc1ccc(CC2SC(=O)NC2=O)cc1)C(=O)Nc1ccccc1. The van der Waals surface area contributed by atoms with Gasteiger partial charge in [-0.25, -0.2) is 4.79 Å². The van der Waals surface area contributed by atoms with Gasteiger partial charge in [-0.1, -0.05) is 42.1 Å². The number of nitrogens with one attached hydrogen (secondary N) is 2. The number of rotatable bonds is 7. The molecule has 2 N–H and O–H groups in total. The highest BCUT2D eigenvalue weighted by atomic mass is 32.2. The number of hydrogen-bond acceptors (Lipinski definition) is 5. The van der Waals surface area contributed by atoms with Crippen molar-refractivity contribution in [2.75, 3.05) is 25.5 Å². The van der Waals surface area contributed by atoms with Gasteiger partial charge < -0.3 is 15.0 Å². The molecule has 1 aliphatic rings. The van der Waals surface area contributed by atoms with Crippen molar-refractivity contribution in [3.63, 3.8) is 0 Å². The second kappa shape index (κ2) is 9.27. The average Bonchev–Trinajstić information content (AvgIpc) is 3.00. The van der Waals surface area contributed by atoms with E-state index in [-0.39, 0.29) is 22.4 Å². The van der Waals surface area contributed by atoms with E-state index >= 15 is 0 Å². The van der Waals surface area contributed by atoms with E-state index in [9.17, 15) is 14.4 Å². The minimum atomic E-state index is -0.379. The Hall–Kier alpha value is -3.00. The number of para-hydroxylation sites is 1. The maximum atomic E-state index is 12.1. The fourth-order valence-electron chi connectivity index (χ4n) is 2.61. The molecular formula is C20H21N3O4S. The molecule has 1 fully saturated rings. The van der Waals surface area contributed by atoms with Crippen LogP contribution in [0.15, 0.2) is 54.6 Å². The van der Waals surface area contributed by atoms with Crippen LogP contribution in [-0.4, -0.2) is 47.5 Å². The maximum absolute atomic E-state index is 12.1. The summed E-state index contributed by atoms with van der Waals surface area (Å²) in [7, 11) is 1.70. The Kier molecular flexibility index (Phi) is 6.54. The molecule has 0 aromatic heterocycles. The van der Waals surface area contributed by atoms with Crippen LogP contribution < -0.4 is 15.4 Å². The number of carbonyl (C=O) groups excluding carboxylic acids is 3. The summed E-state index contributed by atoms with van der Waals surface area (Å²) in [5, 5.41) is 4.42. The number of imide groups is 1. The molecule has 1 aliphatic heterocycles. The van der Waals surface area contributed by atoms with Gasteiger partial charge >= 0.3 is 6.03 Å². The van der Waals surface area contributed by atoms with Gasteiger partial charge in [0, 0.05) is 12.7 Å². The Morgan fingerprint density at radius 2 is 1.86 bits per heavy atom. The Balaban J connectivity index is 1.41. The predicted octanol–water partition coefficient (Wildman–Crippen LogP) is 3.12. The molecule has 0 spiro atoms. The van der Waals surface area contributed by atoms with Gasteiger partial charge in [-0.3, -0.25) is 14.9 Å². The number of benzene rings is 2. The van der Waals surface area contributed by atoms with Crippen molar-refractivity contribution in [3.05, 3.63) is 60.2 Å². The molecule has 146 valence electrons. The predicted molar refractivity (Wildman–Crippen MR) is 109 cm³/mol. The number of thioether (sulfide) groups is 1. The van der Waals surface area contributed by atoms with Gasteiger partial charge in [0.05, 0.1) is 11.8 Å². The molecule has 1 saturated heterocycles. The monoisotopic (exact) mass is 399 g/mol. The third kappa shape index (κ3) is 5.50. The molecule has 0 radical (unpaired) electrons. The second-order valence-electron chi connectivity index (χ2n) is 6.30. The lowest BCUT2D eigenvalue weighted by Crippen LogP contribution is -2.34. The number of hydrogen-bond donors (Lipinski definition) is 2. The summed E-state index contributed by atoms with van der Waals surface area (Å²) in [6, 6.07) is 16.4. The van der Waals surface area contributed by atoms with Crippen LogP contribution in [0, 0.1) is 0 Å². The van der Waals surface area contributed by atoms with Crippen molar-refractivity contribution in [2.45, 2.75) is 11.7 Å². The van der Waals surface area contributed by atoms with Crippen molar-refractivity contribution in [2.24, 2.45) is 0 Å². The molecule has 0 aliphatic carbocycles. The first-order chi connectivity index (χ1) is 13.5. The highest BCUT2D eigenvalue weighted by Crippen LogP contribution is 2.23. The summed E-state index contributed by atoms with van der Waals surface area (Å²) in [6.07, 6.45) is 0.491. The summed E-state index contributed by atoms with van der Waals surface area (Å²) in [5.41, 5.74) is 1.70. The second-order valence-corrected chi connectivity index (χ2v) is 7.47. The van der Waals surface area contributed by atoms with Crippen LogP contribution in [0.4, 0.5) is 15.3 Å². The zero-order chi connectivity index (χ0) is 19.9. The highest BCUT2D eigenvalue weighted by Gasteiger charge is 2.31. The van der Waals surface area contributed by atoms with E-state index in [1.54, 1.807) is 11.9 Å². The van der Waals surface area contributed by atoms with E-state index in [0.717, 1.165) is 23.0 Å². The quantitative estimate of drug-likeness (QED) is 0.747. The normalized spacial score (nSPS) is 15.8. The van der Waals surface area contributed by atoms with E-state index in [4.69, 9.17) is 4.74 Å². The number of ether oxygens (including phenoxy) is 1. The smallest absolute Gasteiger partial charge is 0.321 e. The third-order valence-corrected chi connectivity index (χ3v) is 5.16. The minimum Gasteiger partial charge on any atom is -0.492 e. The van der Waals surface area contributed by atoms with Crippen molar-refractivity contribution in [3.8, 4) is 5.75 Å². The zero-order valence-corrected chi connectivity index (χ0v) is 16.2. The summed E-state index contributed by atoms with van der Waals surface area (Å²) in [5.74, 6) is 0.437. The summed E-state index contributed by atoms with van der Waals surface area (Å²) >= 11 is 1.02. The van der Waals surface area contributed by atoms with Crippen molar-refractivity contribution in [1.29, 1.82) is 0 Å². The van der Waals surface area contributed by atoms with E-state index in [2.05, 4.69) is 10.6 Å². The largest absolute Gasteiger partial charge is 0.492 e. The Bertz CT molecular complexity index is 842. The molecular weight excluding hydrogens is 378 g/mol. The lowest BCUT2D eigenvalue weighted by Gasteiger charge is -2.18. The van der Waals surface area contributed by atoms with Crippen LogP contribution in [0.25, 0.3) is 0 Å². The number of urea groups is 1. The Morgan fingerprint density at radius 3 is 2.50 bits per heavy atom. The van der Waals surface area contributed by atoms with Crippen LogP contribution in [-0.2, 0) is 11.2 Å². The summed E-state index contributed by atoms with van der Waals surface area (Å²) < 4.78 is 5.68. The first-order valence-electron chi connectivity index (χ1n) is 8.81. The molecule has 8 heteroatoms. The third-order valence-electron chi connectivity index (χ3n) is 4.18. The minimum absolute atomic E-state index is 0.202. The molecule has 1 heterocycles. The molecule has 28 heavy (non-hydrogen) atoms. The standard InChI is InChI=1S/C20H21N3O4S/c1-23(19(25)21-15-5-3-2-4-6-15)11-12-27-16-9-7-14(8-10-16)13-17-18(24)22-20(26)28-17/h2-10,17H,11-13H2,1H3,(H,21,25)(H,22,24,26). The number of anilines is 1. The first-order valence-corrected chi connectivity index (χ1v) is 9.69. The van der Waals surface area contributed by atoms with Crippen molar-refractivity contribution >= 4 is 34.6 Å².